The van der Waals surface area contributed by atoms with Crippen molar-refractivity contribution in [3.8, 4) is 0 Å². The van der Waals surface area contributed by atoms with Crippen molar-refractivity contribution in [3.63, 3.8) is 0 Å². The minimum atomic E-state index is -1.13. The van der Waals surface area contributed by atoms with E-state index in [2.05, 4.69) is 12.2 Å². The van der Waals surface area contributed by atoms with Gasteiger partial charge in [-0.25, -0.2) is 4.90 Å². The summed E-state index contributed by atoms with van der Waals surface area (Å²) in [5.41, 5.74) is 3.17. The van der Waals surface area contributed by atoms with Gasteiger partial charge < -0.3 is 0 Å². The number of anilines is 1. The predicted octanol–water partition coefficient (Wildman–Crippen LogP) is 4.42. The van der Waals surface area contributed by atoms with Crippen LogP contribution < -0.4 is 4.90 Å². The number of hydrogen-bond acceptors (Lipinski definition) is 5. The molecule has 206 valence electrons. The number of para-hydroxylation sites is 1. The summed E-state index contributed by atoms with van der Waals surface area (Å²) in [5.74, 6) is -3.39. The third-order valence-electron chi connectivity index (χ3n) is 10.8. The fourth-order valence-corrected chi connectivity index (χ4v) is 9.20. The lowest BCUT2D eigenvalue weighted by Gasteiger charge is -2.52. The van der Waals surface area contributed by atoms with Crippen LogP contribution in [-0.4, -0.2) is 34.9 Å². The fraction of sp³-hybridized carbons (Fsp3) is 0.286. The molecule has 0 aromatic heterocycles. The van der Waals surface area contributed by atoms with Crippen molar-refractivity contribution in [2.75, 3.05) is 4.90 Å². The maximum absolute atomic E-state index is 14.5. The Morgan fingerprint density at radius 1 is 0.643 bits per heavy atom. The Balaban J connectivity index is 1.24. The highest BCUT2D eigenvalue weighted by molar-refractivity contribution is 6.25. The smallest absolute Gasteiger partial charge is 0.254 e. The van der Waals surface area contributed by atoms with Crippen molar-refractivity contribution in [1.29, 1.82) is 0 Å². The fourth-order valence-electron chi connectivity index (χ4n) is 9.20. The second kappa shape index (κ2) is 8.22. The molecule has 3 aromatic carbocycles. The van der Waals surface area contributed by atoms with E-state index in [0.29, 0.717) is 5.69 Å². The molecule has 2 aliphatic heterocycles. The van der Waals surface area contributed by atoms with Gasteiger partial charge in [0, 0.05) is 12.1 Å². The Hall–Kier alpha value is -4.65. The van der Waals surface area contributed by atoms with E-state index in [1.165, 1.54) is 4.90 Å². The largest absolute Gasteiger partial charge is 0.274 e. The normalized spacial score (nSPS) is 35.2. The van der Waals surface area contributed by atoms with Crippen LogP contribution in [0.25, 0.3) is 0 Å². The highest BCUT2D eigenvalue weighted by atomic mass is 16.2. The van der Waals surface area contributed by atoms with Crippen molar-refractivity contribution in [1.82, 2.24) is 5.01 Å². The van der Waals surface area contributed by atoms with Gasteiger partial charge in [-0.2, -0.15) is 10.1 Å². The Bertz CT molecular complexity index is 1710. The first-order valence-electron chi connectivity index (χ1n) is 14.8. The van der Waals surface area contributed by atoms with E-state index in [1.807, 2.05) is 66.7 Å². The Labute approximate surface area is 242 Å². The summed E-state index contributed by atoms with van der Waals surface area (Å²) in [4.78, 5) is 57.5. The summed E-state index contributed by atoms with van der Waals surface area (Å²) < 4.78 is 0. The number of carbonyl (C=O) groups is 4. The van der Waals surface area contributed by atoms with Crippen molar-refractivity contribution < 1.29 is 19.2 Å². The Morgan fingerprint density at radius 2 is 1.19 bits per heavy atom. The van der Waals surface area contributed by atoms with E-state index in [1.54, 1.807) is 18.3 Å². The van der Waals surface area contributed by atoms with Gasteiger partial charge in [0.05, 0.1) is 34.8 Å². The SMILES string of the molecule is O=C1[C@@H]2[C@H](C(=O)N1/N=C\C13c4ccccc4C(c4ccccc41)[C@@H]1C(=O)N(c4ccccc4)C(=O)[C@H]13)[C@H]1C=C[C@H]2CC1. The quantitative estimate of drug-likeness (QED) is 0.273. The zero-order valence-corrected chi connectivity index (χ0v) is 22.7. The Morgan fingerprint density at radius 3 is 1.76 bits per heavy atom. The summed E-state index contributed by atoms with van der Waals surface area (Å²) in [5, 5.41) is 5.78. The Kier molecular flexibility index (Phi) is 4.69. The van der Waals surface area contributed by atoms with Gasteiger partial charge in [0.15, 0.2) is 0 Å². The first-order chi connectivity index (χ1) is 20.5. The lowest BCUT2D eigenvalue weighted by atomic mass is 9.47. The molecule has 7 heteroatoms. The third kappa shape index (κ3) is 2.74. The van der Waals surface area contributed by atoms with E-state index in [0.717, 1.165) is 40.1 Å². The summed E-state index contributed by atoms with van der Waals surface area (Å²) in [7, 11) is 0. The van der Waals surface area contributed by atoms with Gasteiger partial charge in [0.1, 0.15) is 0 Å². The van der Waals surface area contributed by atoms with E-state index in [-0.39, 0.29) is 53.2 Å². The zero-order valence-electron chi connectivity index (χ0n) is 22.7. The van der Waals surface area contributed by atoms with Gasteiger partial charge in [-0.05, 0) is 59.1 Å². The van der Waals surface area contributed by atoms with Crippen LogP contribution in [0.2, 0.25) is 0 Å². The molecule has 6 atom stereocenters. The van der Waals surface area contributed by atoms with E-state index in [9.17, 15) is 19.2 Å². The molecule has 4 amide bonds. The van der Waals surface area contributed by atoms with Crippen molar-refractivity contribution in [2.45, 2.75) is 24.2 Å². The van der Waals surface area contributed by atoms with Gasteiger partial charge in [-0.3, -0.25) is 19.2 Å². The van der Waals surface area contributed by atoms with Gasteiger partial charge in [0.2, 0.25) is 11.8 Å². The number of hydrazone groups is 1. The monoisotopic (exact) mass is 553 g/mol. The van der Waals surface area contributed by atoms with Crippen LogP contribution >= 0.6 is 0 Å². The third-order valence-corrected chi connectivity index (χ3v) is 10.8. The molecule has 2 heterocycles. The minimum Gasteiger partial charge on any atom is -0.274 e. The zero-order chi connectivity index (χ0) is 28.3. The van der Waals surface area contributed by atoms with Gasteiger partial charge in [-0.15, -0.1) is 0 Å². The molecular formula is C35H27N3O4. The second-order valence-corrected chi connectivity index (χ2v) is 12.4. The summed E-state index contributed by atoms with van der Waals surface area (Å²) >= 11 is 0. The van der Waals surface area contributed by atoms with E-state index in [4.69, 9.17) is 5.10 Å². The number of amides is 4. The molecular weight excluding hydrogens is 526 g/mol. The van der Waals surface area contributed by atoms with Crippen LogP contribution in [0.15, 0.2) is 96.1 Å². The summed E-state index contributed by atoms with van der Waals surface area (Å²) in [6, 6.07) is 24.9. The van der Waals surface area contributed by atoms with Crippen molar-refractivity contribution >= 4 is 35.5 Å². The van der Waals surface area contributed by atoms with Crippen LogP contribution in [0.3, 0.4) is 0 Å². The van der Waals surface area contributed by atoms with Crippen LogP contribution in [0.1, 0.15) is 41.0 Å². The van der Waals surface area contributed by atoms with Gasteiger partial charge in [-0.1, -0.05) is 78.9 Å². The molecule has 4 bridgehead atoms. The molecule has 8 aliphatic rings. The standard InChI is InChI=1S/C35H27N3O4/c39-31-29-28-22-10-4-6-12-24(22)35(25-13-7-5-11-23(25)28,30(29)34(42)37(31)21-8-2-1-3-9-21)18-36-38-32(40)26-19-14-15-20(17-16-19)27(26)33(38)41/h1-15,18-20,26-30H,16-17H2/b36-18-/t19-,20-,26-,27+,28?,29-,30-,35?/m0/s1. The molecule has 0 radical (unpaired) electrons. The maximum atomic E-state index is 14.5. The van der Waals surface area contributed by atoms with Crippen molar-refractivity contribution in [3.05, 3.63) is 113 Å². The molecule has 3 aromatic rings. The molecule has 0 spiro atoms. The number of imide groups is 2. The molecule has 2 saturated heterocycles. The van der Waals surface area contributed by atoms with E-state index >= 15 is 0 Å². The number of hydrogen-bond donors (Lipinski definition) is 0. The van der Waals surface area contributed by atoms with Gasteiger partial charge in [0.25, 0.3) is 11.8 Å². The lowest BCUT2D eigenvalue weighted by Crippen LogP contribution is -2.55. The maximum Gasteiger partial charge on any atom is 0.254 e. The molecule has 42 heavy (non-hydrogen) atoms. The highest BCUT2D eigenvalue weighted by Gasteiger charge is 2.68. The highest BCUT2D eigenvalue weighted by Crippen LogP contribution is 2.64. The molecule has 1 saturated carbocycles. The first-order valence-corrected chi connectivity index (χ1v) is 14.8. The summed E-state index contributed by atoms with van der Waals surface area (Å²) in [6.45, 7) is 0. The number of rotatable bonds is 3. The predicted molar refractivity (Wildman–Crippen MR) is 154 cm³/mol. The van der Waals surface area contributed by atoms with Crippen LogP contribution in [0.5, 0.6) is 0 Å². The van der Waals surface area contributed by atoms with Gasteiger partial charge >= 0.3 is 0 Å². The molecule has 7 nitrogen and oxygen atoms in total. The molecule has 3 fully saturated rings. The number of allylic oxidation sites excluding steroid dienone is 2. The second-order valence-electron chi connectivity index (χ2n) is 12.4. The summed E-state index contributed by atoms with van der Waals surface area (Å²) in [6.07, 6.45) is 7.64. The van der Waals surface area contributed by atoms with Crippen LogP contribution in [0.4, 0.5) is 5.69 Å². The van der Waals surface area contributed by atoms with Crippen LogP contribution in [-0.2, 0) is 24.6 Å². The van der Waals surface area contributed by atoms with Crippen molar-refractivity contribution in [2.24, 2.45) is 40.6 Å². The van der Waals surface area contributed by atoms with E-state index < -0.39 is 17.3 Å². The van der Waals surface area contributed by atoms with Crippen LogP contribution in [0, 0.1) is 35.5 Å². The average molecular weight is 554 g/mol. The first kappa shape index (κ1) is 24.0. The number of benzene rings is 3. The molecule has 0 N–H and O–H groups in total. The lowest BCUT2D eigenvalue weighted by molar-refractivity contribution is -0.140. The molecule has 0 unspecified atom stereocenters. The number of fused-ring (bicyclic) bond motifs is 1. The number of carbonyl (C=O) groups excluding carboxylic acids is 4. The molecule has 11 rings (SSSR count). The number of nitrogens with zero attached hydrogens (tertiary/aromatic N) is 3. The average Bonchev–Trinajstić information content (AvgIpc) is 3.47. The molecule has 6 aliphatic carbocycles. The minimum absolute atomic E-state index is 0.0548. The topological polar surface area (TPSA) is 87.1 Å².